The Bertz CT molecular complexity index is 570. The summed E-state index contributed by atoms with van der Waals surface area (Å²) in [6.07, 6.45) is 0.389. The van der Waals surface area contributed by atoms with E-state index in [0.717, 1.165) is 5.56 Å². The number of nitrogens with one attached hydrogen (secondary N) is 3. The summed E-state index contributed by atoms with van der Waals surface area (Å²) in [5.74, 6) is -0.0600. The number of sulfonamides is 1. The lowest BCUT2D eigenvalue weighted by molar-refractivity contribution is -0.116. The third kappa shape index (κ3) is 5.18. The average molecular weight is 299 g/mol. The van der Waals surface area contributed by atoms with E-state index in [-0.39, 0.29) is 11.7 Å². The molecule has 0 unspecified atom stereocenters. The molecule has 7 heteroatoms. The minimum atomic E-state index is -3.29. The number of amides is 1. The van der Waals surface area contributed by atoms with Crippen molar-refractivity contribution in [3.63, 3.8) is 0 Å². The summed E-state index contributed by atoms with van der Waals surface area (Å²) >= 11 is 0. The van der Waals surface area contributed by atoms with Crippen LogP contribution in [-0.2, 0) is 14.8 Å². The van der Waals surface area contributed by atoms with Crippen LogP contribution in [0.2, 0.25) is 0 Å². The number of hydrogen-bond donors (Lipinski definition) is 3. The molecule has 0 aliphatic heterocycles. The first-order valence-corrected chi connectivity index (χ1v) is 8.08. The van der Waals surface area contributed by atoms with Crippen LogP contribution < -0.4 is 15.4 Å². The van der Waals surface area contributed by atoms with Crippen LogP contribution in [0.1, 0.15) is 18.9 Å². The largest absolute Gasteiger partial charge is 0.326 e. The molecular weight excluding hydrogens is 278 g/mol. The maximum Gasteiger partial charge on any atom is 0.232 e. The predicted molar refractivity (Wildman–Crippen MR) is 81.4 cm³/mol. The van der Waals surface area contributed by atoms with Crippen LogP contribution in [0, 0.1) is 6.92 Å². The van der Waals surface area contributed by atoms with Crippen molar-refractivity contribution in [1.29, 1.82) is 0 Å². The quantitative estimate of drug-likeness (QED) is 0.708. The number of hydrogen-bond acceptors (Lipinski definition) is 4. The number of benzene rings is 1. The number of rotatable bonds is 7. The van der Waals surface area contributed by atoms with Crippen molar-refractivity contribution in [2.45, 2.75) is 20.3 Å². The zero-order valence-corrected chi connectivity index (χ0v) is 12.8. The van der Waals surface area contributed by atoms with Crippen molar-refractivity contribution in [2.24, 2.45) is 0 Å². The van der Waals surface area contributed by atoms with Gasteiger partial charge in [0.2, 0.25) is 15.9 Å². The molecule has 1 aromatic carbocycles. The lowest BCUT2D eigenvalue weighted by Gasteiger charge is -2.11. The van der Waals surface area contributed by atoms with E-state index < -0.39 is 10.0 Å². The van der Waals surface area contributed by atoms with Gasteiger partial charge in [0, 0.05) is 18.7 Å². The average Bonchev–Trinajstić information content (AvgIpc) is 2.39. The van der Waals surface area contributed by atoms with Crippen LogP contribution in [0.5, 0.6) is 0 Å². The molecule has 0 atom stereocenters. The van der Waals surface area contributed by atoms with Gasteiger partial charge in [0.1, 0.15) is 0 Å². The van der Waals surface area contributed by atoms with Gasteiger partial charge in [-0.05, 0) is 44.7 Å². The fourth-order valence-corrected chi connectivity index (χ4v) is 2.27. The summed E-state index contributed by atoms with van der Waals surface area (Å²) < 4.78 is 25.5. The minimum absolute atomic E-state index is 0.0228. The molecule has 1 rings (SSSR count). The van der Waals surface area contributed by atoms with Crippen LogP contribution in [0.25, 0.3) is 0 Å². The van der Waals surface area contributed by atoms with Crippen molar-refractivity contribution >= 4 is 27.3 Å². The number of carbonyl (C=O) groups excluding carboxylic acids is 1. The van der Waals surface area contributed by atoms with Crippen molar-refractivity contribution in [3.8, 4) is 0 Å². The highest BCUT2D eigenvalue weighted by Gasteiger charge is 2.09. The number of aryl methyl sites for hydroxylation is 1. The minimum Gasteiger partial charge on any atom is -0.326 e. The molecule has 20 heavy (non-hydrogen) atoms. The van der Waals surface area contributed by atoms with Gasteiger partial charge >= 0.3 is 0 Å². The first-order chi connectivity index (χ1) is 9.38. The fraction of sp³-hybridized carbons (Fsp3) is 0.462. The third-order valence-corrected chi connectivity index (χ3v) is 4.05. The van der Waals surface area contributed by atoms with Crippen molar-refractivity contribution in [3.05, 3.63) is 23.8 Å². The Labute approximate surface area is 120 Å². The summed E-state index contributed by atoms with van der Waals surface area (Å²) in [6.45, 7) is 3.98. The molecule has 6 nitrogen and oxygen atoms in total. The predicted octanol–water partition coefficient (Wildman–Crippen LogP) is 1.30. The molecule has 0 spiro atoms. The molecule has 0 bridgehead atoms. The summed E-state index contributed by atoms with van der Waals surface area (Å²) in [5.41, 5.74) is 1.94. The number of anilines is 2. The molecule has 3 N–H and O–H groups in total. The third-order valence-electron chi connectivity index (χ3n) is 2.76. The topological polar surface area (TPSA) is 87.3 Å². The maximum absolute atomic E-state index is 11.6. The highest BCUT2D eigenvalue weighted by atomic mass is 32.2. The normalized spacial score (nSPS) is 11.2. The first-order valence-electron chi connectivity index (χ1n) is 6.43. The van der Waals surface area contributed by atoms with Crippen LogP contribution in [0.3, 0.4) is 0 Å². The summed E-state index contributed by atoms with van der Waals surface area (Å²) in [6, 6.07) is 5.07. The van der Waals surface area contributed by atoms with Gasteiger partial charge in [-0.2, -0.15) is 0 Å². The fourth-order valence-electron chi connectivity index (χ4n) is 1.56. The second-order valence-corrected chi connectivity index (χ2v) is 6.45. The molecule has 0 radical (unpaired) electrons. The highest BCUT2D eigenvalue weighted by Crippen LogP contribution is 2.20. The van der Waals surface area contributed by atoms with Crippen molar-refractivity contribution in [2.75, 3.05) is 29.4 Å². The summed E-state index contributed by atoms with van der Waals surface area (Å²) in [7, 11) is -1.50. The van der Waals surface area contributed by atoms with Gasteiger partial charge in [0.05, 0.1) is 11.4 Å². The SMILES string of the molecule is CCS(=O)(=O)Nc1ccc(NC(=O)CCNC)cc1C. The van der Waals surface area contributed by atoms with E-state index in [9.17, 15) is 13.2 Å². The lowest BCUT2D eigenvalue weighted by Crippen LogP contribution is -2.19. The molecule has 0 heterocycles. The first kappa shape index (κ1) is 16.5. The molecule has 0 aliphatic carbocycles. The van der Waals surface area contributed by atoms with Gasteiger partial charge in [-0.1, -0.05) is 0 Å². The monoisotopic (exact) mass is 299 g/mol. The van der Waals surface area contributed by atoms with Crippen LogP contribution in [0.4, 0.5) is 11.4 Å². The number of carbonyl (C=O) groups is 1. The molecule has 0 saturated heterocycles. The molecule has 0 aromatic heterocycles. The van der Waals surface area contributed by atoms with E-state index in [1.807, 2.05) is 0 Å². The van der Waals surface area contributed by atoms with E-state index in [1.54, 1.807) is 39.1 Å². The Morgan fingerprint density at radius 2 is 2.00 bits per heavy atom. The van der Waals surface area contributed by atoms with E-state index in [0.29, 0.717) is 24.3 Å². The summed E-state index contributed by atoms with van der Waals surface area (Å²) in [4.78, 5) is 11.6. The van der Waals surface area contributed by atoms with Gasteiger partial charge in [-0.15, -0.1) is 0 Å². The van der Waals surface area contributed by atoms with Gasteiger partial charge in [-0.3, -0.25) is 9.52 Å². The Hall–Kier alpha value is -1.60. The Balaban J connectivity index is 2.75. The molecule has 1 amide bonds. The molecular formula is C13H21N3O3S. The second-order valence-electron chi connectivity index (χ2n) is 4.44. The van der Waals surface area contributed by atoms with E-state index in [1.165, 1.54) is 0 Å². The molecule has 112 valence electrons. The molecule has 0 saturated carbocycles. The van der Waals surface area contributed by atoms with Gasteiger partial charge in [0.15, 0.2) is 0 Å². The standard InChI is InChI=1S/C13H21N3O3S/c1-4-20(18,19)16-12-6-5-11(9-10(12)2)15-13(17)7-8-14-3/h5-6,9,14,16H,4,7-8H2,1-3H3,(H,15,17). The maximum atomic E-state index is 11.6. The van der Waals surface area contributed by atoms with Crippen LogP contribution >= 0.6 is 0 Å². The van der Waals surface area contributed by atoms with Gasteiger partial charge in [-0.25, -0.2) is 8.42 Å². The smallest absolute Gasteiger partial charge is 0.232 e. The van der Waals surface area contributed by atoms with Crippen molar-refractivity contribution in [1.82, 2.24) is 5.32 Å². The van der Waals surface area contributed by atoms with E-state index in [2.05, 4.69) is 15.4 Å². The second kappa shape index (κ2) is 7.25. The Kier molecular flexibility index (Phi) is 5.97. The van der Waals surface area contributed by atoms with Crippen LogP contribution in [0.15, 0.2) is 18.2 Å². The Morgan fingerprint density at radius 1 is 1.30 bits per heavy atom. The van der Waals surface area contributed by atoms with Crippen LogP contribution in [-0.4, -0.2) is 33.7 Å². The van der Waals surface area contributed by atoms with Crippen molar-refractivity contribution < 1.29 is 13.2 Å². The lowest BCUT2D eigenvalue weighted by atomic mass is 10.2. The molecule has 1 aromatic rings. The zero-order valence-electron chi connectivity index (χ0n) is 12.0. The highest BCUT2D eigenvalue weighted by molar-refractivity contribution is 7.92. The van der Waals surface area contributed by atoms with E-state index in [4.69, 9.17) is 0 Å². The molecule has 0 aliphatic rings. The Morgan fingerprint density at radius 3 is 2.55 bits per heavy atom. The summed E-state index contributed by atoms with van der Waals surface area (Å²) in [5, 5.41) is 5.66. The zero-order chi connectivity index (χ0) is 15.2. The van der Waals surface area contributed by atoms with E-state index >= 15 is 0 Å². The van der Waals surface area contributed by atoms with Gasteiger partial charge in [0.25, 0.3) is 0 Å². The van der Waals surface area contributed by atoms with Gasteiger partial charge < -0.3 is 10.6 Å². The molecule has 0 fully saturated rings.